The molecule has 7 nitrogen and oxygen atoms in total. The van der Waals surface area contributed by atoms with E-state index in [2.05, 4.69) is 22.4 Å². The number of para-hydroxylation sites is 1. The predicted molar refractivity (Wildman–Crippen MR) is 113 cm³/mol. The van der Waals surface area contributed by atoms with E-state index in [0.717, 1.165) is 11.3 Å². The highest BCUT2D eigenvalue weighted by Crippen LogP contribution is 2.21. The van der Waals surface area contributed by atoms with E-state index in [4.69, 9.17) is 4.74 Å². The minimum absolute atomic E-state index is 0.0112. The Bertz CT molecular complexity index is 876. The molecule has 0 aliphatic rings. The summed E-state index contributed by atoms with van der Waals surface area (Å²) in [5.74, 6) is 0.150. The van der Waals surface area contributed by atoms with Crippen LogP contribution in [0.1, 0.15) is 30.9 Å². The molecule has 0 unspecified atom stereocenters. The van der Waals surface area contributed by atoms with Crippen LogP contribution in [0.25, 0.3) is 0 Å². The standard InChI is InChI=1S/C22H25N3O4/c1-3-6-16-7-5-8-17(22(16)28)15-23-25-21(27)14-13-20(26)24-18-9-11-19(12-10-18)29-4-2/h3,5,7-12,15,28H,1,4,6,13-14H2,2H3,(H,24,26)(H,25,27). The highest BCUT2D eigenvalue weighted by molar-refractivity contribution is 5.93. The average molecular weight is 395 g/mol. The molecule has 0 fully saturated rings. The second kappa shape index (κ2) is 11.3. The molecule has 0 spiro atoms. The Morgan fingerprint density at radius 3 is 2.55 bits per heavy atom. The molecule has 29 heavy (non-hydrogen) atoms. The van der Waals surface area contributed by atoms with Crippen LogP contribution in [0.15, 0.2) is 60.2 Å². The van der Waals surface area contributed by atoms with Gasteiger partial charge in [-0.05, 0) is 49.2 Å². The summed E-state index contributed by atoms with van der Waals surface area (Å²) >= 11 is 0. The summed E-state index contributed by atoms with van der Waals surface area (Å²) < 4.78 is 5.34. The van der Waals surface area contributed by atoms with Gasteiger partial charge in [-0.3, -0.25) is 9.59 Å². The molecular weight excluding hydrogens is 370 g/mol. The molecule has 0 bridgehead atoms. The van der Waals surface area contributed by atoms with Crippen LogP contribution in [0.3, 0.4) is 0 Å². The van der Waals surface area contributed by atoms with Crippen LogP contribution >= 0.6 is 0 Å². The summed E-state index contributed by atoms with van der Waals surface area (Å²) in [6.45, 7) is 6.11. The van der Waals surface area contributed by atoms with Gasteiger partial charge in [0.05, 0.1) is 12.8 Å². The number of carbonyl (C=O) groups excluding carboxylic acids is 2. The molecule has 2 amide bonds. The number of rotatable bonds is 10. The number of aromatic hydroxyl groups is 1. The number of phenols is 1. The normalized spacial score (nSPS) is 10.5. The molecule has 152 valence electrons. The molecule has 2 aromatic rings. The second-order valence-electron chi connectivity index (χ2n) is 6.15. The lowest BCUT2D eigenvalue weighted by molar-refractivity contribution is -0.124. The van der Waals surface area contributed by atoms with Crippen molar-refractivity contribution < 1.29 is 19.4 Å². The van der Waals surface area contributed by atoms with Gasteiger partial charge < -0.3 is 15.2 Å². The van der Waals surface area contributed by atoms with Crippen molar-refractivity contribution in [1.29, 1.82) is 0 Å². The zero-order valence-corrected chi connectivity index (χ0v) is 16.4. The van der Waals surface area contributed by atoms with Crippen LogP contribution in [-0.4, -0.2) is 29.7 Å². The Kier molecular flexibility index (Phi) is 8.44. The van der Waals surface area contributed by atoms with Crippen molar-refractivity contribution in [3.8, 4) is 11.5 Å². The van der Waals surface area contributed by atoms with Gasteiger partial charge in [-0.2, -0.15) is 5.10 Å². The molecule has 0 saturated heterocycles. The van der Waals surface area contributed by atoms with Gasteiger partial charge >= 0.3 is 0 Å². The fourth-order valence-corrected chi connectivity index (χ4v) is 2.52. The fourth-order valence-electron chi connectivity index (χ4n) is 2.52. The molecule has 2 rings (SSSR count). The average Bonchev–Trinajstić information content (AvgIpc) is 2.71. The van der Waals surface area contributed by atoms with Crippen LogP contribution in [0.2, 0.25) is 0 Å². The first-order valence-electron chi connectivity index (χ1n) is 9.29. The van der Waals surface area contributed by atoms with E-state index < -0.39 is 5.91 Å². The Hall–Kier alpha value is -3.61. The van der Waals surface area contributed by atoms with Crippen molar-refractivity contribution in [3.63, 3.8) is 0 Å². The number of benzene rings is 2. The number of amides is 2. The molecular formula is C22H25N3O4. The molecule has 7 heteroatoms. The van der Waals surface area contributed by atoms with E-state index in [9.17, 15) is 14.7 Å². The minimum Gasteiger partial charge on any atom is -0.507 e. The van der Waals surface area contributed by atoms with Gasteiger partial charge in [-0.15, -0.1) is 6.58 Å². The fraction of sp³-hybridized carbons (Fsp3) is 0.227. The van der Waals surface area contributed by atoms with Crippen molar-refractivity contribution in [3.05, 3.63) is 66.2 Å². The third kappa shape index (κ3) is 7.14. The number of carbonyl (C=O) groups is 2. The number of phenolic OH excluding ortho intramolecular Hbond substituents is 1. The molecule has 0 heterocycles. The molecule has 0 atom stereocenters. The quantitative estimate of drug-likeness (QED) is 0.326. The van der Waals surface area contributed by atoms with Crippen molar-refractivity contribution in [2.75, 3.05) is 11.9 Å². The van der Waals surface area contributed by atoms with Crippen LogP contribution in [0.4, 0.5) is 5.69 Å². The topological polar surface area (TPSA) is 100 Å². The maximum Gasteiger partial charge on any atom is 0.240 e. The summed E-state index contributed by atoms with van der Waals surface area (Å²) in [4.78, 5) is 23.8. The van der Waals surface area contributed by atoms with Gasteiger partial charge in [0.2, 0.25) is 11.8 Å². The number of hydrogen-bond acceptors (Lipinski definition) is 5. The largest absolute Gasteiger partial charge is 0.507 e. The zero-order chi connectivity index (χ0) is 21.1. The van der Waals surface area contributed by atoms with Gasteiger partial charge in [-0.25, -0.2) is 5.43 Å². The number of nitrogens with zero attached hydrogens (tertiary/aromatic N) is 1. The molecule has 0 aliphatic heterocycles. The Balaban J connectivity index is 1.78. The monoisotopic (exact) mass is 395 g/mol. The number of nitrogens with one attached hydrogen (secondary N) is 2. The van der Waals surface area contributed by atoms with Crippen molar-refractivity contribution in [2.45, 2.75) is 26.2 Å². The number of hydrazone groups is 1. The van der Waals surface area contributed by atoms with E-state index in [1.165, 1.54) is 6.21 Å². The number of anilines is 1. The molecule has 0 aliphatic carbocycles. The third-order valence-corrected chi connectivity index (χ3v) is 3.94. The predicted octanol–water partition coefficient (Wildman–Crippen LogP) is 3.39. The summed E-state index contributed by atoms with van der Waals surface area (Å²) in [5, 5.41) is 16.7. The van der Waals surface area contributed by atoms with Gasteiger partial charge in [0, 0.05) is 24.1 Å². The van der Waals surface area contributed by atoms with E-state index in [-0.39, 0.29) is 24.5 Å². The number of hydrogen-bond donors (Lipinski definition) is 3. The molecule has 0 saturated carbocycles. The third-order valence-electron chi connectivity index (χ3n) is 3.94. The molecule has 3 N–H and O–H groups in total. The Morgan fingerprint density at radius 2 is 1.86 bits per heavy atom. The maximum atomic E-state index is 12.0. The smallest absolute Gasteiger partial charge is 0.240 e. The number of allylic oxidation sites excluding steroid dienone is 1. The van der Waals surface area contributed by atoms with E-state index in [0.29, 0.717) is 24.3 Å². The highest BCUT2D eigenvalue weighted by atomic mass is 16.5. The van der Waals surface area contributed by atoms with Crippen LogP contribution in [-0.2, 0) is 16.0 Å². The van der Waals surface area contributed by atoms with Crippen molar-refractivity contribution >= 4 is 23.7 Å². The van der Waals surface area contributed by atoms with Crippen LogP contribution in [0.5, 0.6) is 11.5 Å². The molecule has 2 aromatic carbocycles. The first-order chi connectivity index (χ1) is 14.0. The lowest BCUT2D eigenvalue weighted by Gasteiger charge is -2.07. The SMILES string of the molecule is C=CCc1cccc(C=NNC(=O)CCC(=O)Nc2ccc(OCC)cc2)c1O. The first-order valence-corrected chi connectivity index (χ1v) is 9.29. The summed E-state index contributed by atoms with van der Waals surface area (Å²) in [6.07, 6.45) is 3.59. The van der Waals surface area contributed by atoms with Crippen molar-refractivity contribution in [1.82, 2.24) is 5.43 Å². The van der Waals surface area contributed by atoms with Gasteiger partial charge in [0.25, 0.3) is 0 Å². The van der Waals surface area contributed by atoms with E-state index >= 15 is 0 Å². The molecule has 0 radical (unpaired) electrons. The number of ether oxygens (including phenoxy) is 1. The highest BCUT2D eigenvalue weighted by Gasteiger charge is 2.08. The van der Waals surface area contributed by atoms with Crippen molar-refractivity contribution in [2.24, 2.45) is 5.10 Å². The lowest BCUT2D eigenvalue weighted by atomic mass is 10.1. The van der Waals surface area contributed by atoms with E-state index in [1.54, 1.807) is 48.5 Å². The molecule has 0 aromatic heterocycles. The van der Waals surface area contributed by atoms with Gasteiger partial charge in [0.15, 0.2) is 0 Å². The first kappa shape index (κ1) is 21.7. The lowest BCUT2D eigenvalue weighted by Crippen LogP contribution is -2.20. The van der Waals surface area contributed by atoms with Crippen LogP contribution < -0.4 is 15.5 Å². The second-order valence-corrected chi connectivity index (χ2v) is 6.15. The summed E-state index contributed by atoms with van der Waals surface area (Å²) in [5.41, 5.74) is 4.19. The van der Waals surface area contributed by atoms with Gasteiger partial charge in [-0.1, -0.05) is 18.2 Å². The minimum atomic E-state index is -0.398. The van der Waals surface area contributed by atoms with Crippen LogP contribution in [0, 0.1) is 0 Å². The Labute approximate surface area is 170 Å². The summed E-state index contributed by atoms with van der Waals surface area (Å²) in [7, 11) is 0. The Morgan fingerprint density at radius 1 is 1.14 bits per heavy atom. The zero-order valence-electron chi connectivity index (χ0n) is 16.4. The summed E-state index contributed by atoms with van der Waals surface area (Å²) in [6, 6.07) is 12.3. The maximum absolute atomic E-state index is 12.0. The van der Waals surface area contributed by atoms with E-state index in [1.807, 2.05) is 6.92 Å². The van der Waals surface area contributed by atoms with Gasteiger partial charge in [0.1, 0.15) is 11.5 Å².